The Morgan fingerprint density at radius 3 is 3.22 bits per heavy atom. The number of carbonyl (C=O) groups is 1. The lowest BCUT2D eigenvalue weighted by molar-refractivity contribution is 0.0698. The molecule has 3 heterocycles. The molecule has 8 heteroatoms. The van der Waals surface area contributed by atoms with Crippen LogP contribution in [0.4, 0.5) is 5.82 Å². The molecule has 1 aliphatic heterocycles. The molecule has 94 valence electrons. The van der Waals surface area contributed by atoms with Gasteiger partial charge in [-0.25, -0.2) is 14.3 Å². The summed E-state index contributed by atoms with van der Waals surface area (Å²) in [6.07, 6.45) is 2.80. The Labute approximate surface area is 101 Å². The van der Waals surface area contributed by atoms with Crippen LogP contribution in [0.1, 0.15) is 10.4 Å². The zero-order valence-corrected chi connectivity index (χ0v) is 9.20. The van der Waals surface area contributed by atoms with Gasteiger partial charge in [0, 0.05) is 0 Å². The number of hydrogen-bond acceptors (Lipinski definition) is 6. The molecule has 0 aliphatic carbocycles. The molecule has 18 heavy (non-hydrogen) atoms. The van der Waals surface area contributed by atoms with Gasteiger partial charge < -0.3 is 20.3 Å². The van der Waals surface area contributed by atoms with Crippen LogP contribution in [-0.4, -0.2) is 50.0 Å². The number of hydrogen-bond donors (Lipinski definition) is 3. The van der Waals surface area contributed by atoms with Crippen LogP contribution < -0.4 is 10.1 Å². The summed E-state index contributed by atoms with van der Waals surface area (Å²) >= 11 is 0. The van der Waals surface area contributed by atoms with Crippen LogP contribution in [0.25, 0.3) is 5.65 Å². The zero-order chi connectivity index (χ0) is 12.7. The normalized spacial score (nSPS) is 17.9. The van der Waals surface area contributed by atoms with Gasteiger partial charge >= 0.3 is 5.97 Å². The van der Waals surface area contributed by atoms with Crippen LogP contribution >= 0.6 is 0 Å². The predicted molar refractivity (Wildman–Crippen MR) is 59.9 cm³/mol. The number of anilines is 1. The number of aromatic carboxylic acids is 1. The maximum Gasteiger partial charge on any atom is 0.341 e. The summed E-state index contributed by atoms with van der Waals surface area (Å²) in [6.45, 7) is 0.237. The number of rotatable bonds is 2. The fourth-order valence-electron chi connectivity index (χ4n) is 1.78. The van der Waals surface area contributed by atoms with E-state index in [0.29, 0.717) is 18.2 Å². The standard InChI is InChI=1S/C10H10N4O4/c15-3-5-4-18-7-2-14-9(13-8(7)12-5)6(1-11-14)10(16)17/h1-2,5,15H,3-4H2,(H,12,13)(H,16,17)/t5-/m1/s1. The van der Waals surface area contributed by atoms with Crippen molar-refractivity contribution in [2.24, 2.45) is 0 Å². The topological polar surface area (TPSA) is 109 Å². The Morgan fingerprint density at radius 1 is 1.67 bits per heavy atom. The summed E-state index contributed by atoms with van der Waals surface area (Å²) in [4.78, 5) is 15.1. The van der Waals surface area contributed by atoms with Gasteiger partial charge in [0.15, 0.2) is 17.2 Å². The van der Waals surface area contributed by atoms with Crippen molar-refractivity contribution in [3.8, 4) is 5.75 Å². The maximum absolute atomic E-state index is 11.0. The third-order valence-corrected chi connectivity index (χ3v) is 2.69. The third kappa shape index (κ3) is 1.54. The van der Waals surface area contributed by atoms with Gasteiger partial charge in [0.25, 0.3) is 0 Å². The lowest BCUT2D eigenvalue weighted by Gasteiger charge is -2.24. The highest BCUT2D eigenvalue weighted by Gasteiger charge is 2.22. The molecule has 0 unspecified atom stereocenters. The average molecular weight is 250 g/mol. The first-order valence-corrected chi connectivity index (χ1v) is 5.31. The Kier molecular flexibility index (Phi) is 2.30. The molecule has 0 saturated carbocycles. The summed E-state index contributed by atoms with van der Waals surface area (Å²) in [7, 11) is 0. The molecule has 0 aromatic carbocycles. The molecule has 8 nitrogen and oxygen atoms in total. The Hall–Kier alpha value is -2.35. The van der Waals surface area contributed by atoms with E-state index in [1.807, 2.05) is 0 Å². The number of carboxylic acids is 1. The SMILES string of the molecule is O=C(O)c1cnn2cc3c(nc12)N[C@H](CO)CO3. The van der Waals surface area contributed by atoms with Gasteiger partial charge in [-0.15, -0.1) is 0 Å². The number of aromatic nitrogens is 3. The van der Waals surface area contributed by atoms with Crippen LogP contribution in [0.15, 0.2) is 12.4 Å². The number of fused-ring (bicyclic) bond motifs is 2. The highest BCUT2D eigenvalue weighted by atomic mass is 16.5. The number of ether oxygens (including phenoxy) is 1. The van der Waals surface area contributed by atoms with Crippen molar-refractivity contribution in [3.05, 3.63) is 18.0 Å². The van der Waals surface area contributed by atoms with Crippen molar-refractivity contribution < 1.29 is 19.7 Å². The molecular formula is C10H10N4O4. The van der Waals surface area contributed by atoms with Gasteiger partial charge in [0.1, 0.15) is 12.2 Å². The lowest BCUT2D eigenvalue weighted by Crippen LogP contribution is -2.35. The fourth-order valence-corrected chi connectivity index (χ4v) is 1.78. The van der Waals surface area contributed by atoms with Gasteiger partial charge in [-0.1, -0.05) is 0 Å². The fraction of sp³-hybridized carbons (Fsp3) is 0.300. The van der Waals surface area contributed by atoms with E-state index in [0.717, 1.165) is 0 Å². The molecule has 1 aliphatic rings. The highest BCUT2D eigenvalue weighted by Crippen LogP contribution is 2.27. The van der Waals surface area contributed by atoms with Crippen molar-refractivity contribution >= 4 is 17.4 Å². The summed E-state index contributed by atoms with van der Waals surface area (Å²) < 4.78 is 6.76. The summed E-state index contributed by atoms with van der Waals surface area (Å²) in [5.41, 5.74) is 0.252. The molecule has 0 bridgehead atoms. The van der Waals surface area contributed by atoms with E-state index in [1.54, 1.807) is 6.20 Å². The van der Waals surface area contributed by atoms with Crippen molar-refractivity contribution in [2.75, 3.05) is 18.5 Å². The van der Waals surface area contributed by atoms with Crippen molar-refractivity contribution in [2.45, 2.75) is 6.04 Å². The van der Waals surface area contributed by atoms with E-state index in [4.69, 9.17) is 14.9 Å². The quantitative estimate of drug-likeness (QED) is 0.664. The second kappa shape index (κ2) is 3.84. The van der Waals surface area contributed by atoms with E-state index < -0.39 is 5.97 Å². The second-order valence-corrected chi connectivity index (χ2v) is 3.92. The van der Waals surface area contributed by atoms with E-state index >= 15 is 0 Å². The van der Waals surface area contributed by atoms with E-state index in [9.17, 15) is 4.79 Å². The van der Waals surface area contributed by atoms with Gasteiger partial charge in [-0.05, 0) is 0 Å². The van der Waals surface area contributed by atoms with E-state index in [2.05, 4.69) is 15.4 Å². The Balaban J connectivity index is 2.12. The number of carboxylic acid groups (broad SMARTS) is 1. The highest BCUT2D eigenvalue weighted by molar-refractivity contribution is 5.94. The molecule has 1 atom stereocenters. The molecule has 0 saturated heterocycles. The van der Waals surface area contributed by atoms with Gasteiger partial charge in [0.05, 0.1) is 25.0 Å². The van der Waals surface area contributed by atoms with Gasteiger partial charge in [-0.2, -0.15) is 5.10 Å². The summed E-state index contributed by atoms with van der Waals surface area (Å²) in [6, 6.07) is -0.247. The molecule has 0 amide bonds. The molecule has 0 radical (unpaired) electrons. The number of aliphatic hydroxyl groups excluding tert-OH is 1. The van der Waals surface area contributed by atoms with Crippen LogP contribution in [0.2, 0.25) is 0 Å². The first kappa shape index (κ1) is 10.8. The molecular weight excluding hydrogens is 240 g/mol. The largest absolute Gasteiger partial charge is 0.486 e. The number of nitrogens with one attached hydrogen (secondary N) is 1. The number of aliphatic hydroxyl groups is 1. The van der Waals surface area contributed by atoms with Crippen LogP contribution in [0, 0.1) is 0 Å². The lowest BCUT2D eigenvalue weighted by atomic mass is 10.3. The predicted octanol–water partition coefficient (Wildman–Crippen LogP) is -0.407. The van der Waals surface area contributed by atoms with Gasteiger partial charge in [-0.3, -0.25) is 0 Å². The van der Waals surface area contributed by atoms with Crippen LogP contribution in [0.3, 0.4) is 0 Å². The Morgan fingerprint density at radius 2 is 2.50 bits per heavy atom. The smallest absolute Gasteiger partial charge is 0.341 e. The first-order chi connectivity index (χ1) is 8.69. The Bertz CT molecular complexity index is 624. The molecule has 0 spiro atoms. The molecule has 2 aromatic rings. The van der Waals surface area contributed by atoms with Crippen molar-refractivity contribution in [1.82, 2.24) is 14.6 Å². The second-order valence-electron chi connectivity index (χ2n) is 3.92. The van der Waals surface area contributed by atoms with Crippen molar-refractivity contribution in [1.29, 1.82) is 0 Å². The molecule has 0 fully saturated rings. The van der Waals surface area contributed by atoms with Crippen LogP contribution in [-0.2, 0) is 0 Å². The van der Waals surface area contributed by atoms with Crippen molar-refractivity contribution in [3.63, 3.8) is 0 Å². The van der Waals surface area contributed by atoms with E-state index in [-0.39, 0.29) is 23.9 Å². The third-order valence-electron chi connectivity index (χ3n) is 2.69. The molecule has 3 N–H and O–H groups in total. The summed E-state index contributed by atoms with van der Waals surface area (Å²) in [5.74, 6) is -0.198. The zero-order valence-electron chi connectivity index (χ0n) is 9.20. The molecule has 2 aromatic heterocycles. The number of nitrogens with zero attached hydrogens (tertiary/aromatic N) is 3. The van der Waals surface area contributed by atoms with E-state index in [1.165, 1.54) is 10.7 Å². The first-order valence-electron chi connectivity index (χ1n) is 5.31. The van der Waals surface area contributed by atoms with Crippen LogP contribution in [0.5, 0.6) is 5.75 Å². The minimum Gasteiger partial charge on any atom is -0.486 e. The summed E-state index contributed by atoms with van der Waals surface area (Å²) in [5, 5.41) is 24.9. The maximum atomic E-state index is 11.0. The minimum absolute atomic E-state index is 0.0192. The minimum atomic E-state index is -1.09. The average Bonchev–Trinajstić information content (AvgIpc) is 2.78. The monoisotopic (exact) mass is 250 g/mol. The molecule has 3 rings (SSSR count). The van der Waals surface area contributed by atoms with Gasteiger partial charge in [0.2, 0.25) is 0 Å².